The first-order valence-corrected chi connectivity index (χ1v) is 10.1. The van der Waals surface area contributed by atoms with E-state index in [1.165, 1.54) is 43.0 Å². The quantitative estimate of drug-likeness (QED) is 0.181. The predicted octanol–water partition coefficient (Wildman–Crippen LogP) is 5.21. The fraction of sp³-hybridized carbons (Fsp3) is 0.773. The van der Waals surface area contributed by atoms with Gasteiger partial charge in [0.05, 0.1) is 19.9 Å². The number of methoxy groups -OCH3 is 2. The Bertz CT molecular complexity index is 443. The molecule has 3 unspecified atom stereocenters. The van der Waals surface area contributed by atoms with Crippen molar-refractivity contribution in [3.05, 3.63) is 23.0 Å². The molecule has 0 spiro atoms. The van der Waals surface area contributed by atoms with Crippen molar-refractivity contribution in [2.75, 3.05) is 33.9 Å². The molecule has 0 rings (SSSR count). The highest BCUT2D eigenvalue weighted by Gasteiger charge is 2.20. The van der Waals surface area contributed by atoms with E-state index in [2.05, 4.69) is 39.9 Å². The van der Waals surface area contributed by atoms with E-state index in [1.54, 1.807) is 14.2 Å². The van der Waals surface area contributed by atoms with Gasteiger partial charge in [-0.1, -0.05) is 44.8 Å². The molecule has 0 aromatic carbocycles. The first kappa shape index (κ1) is 24.9. The van der Waals surface area contributed by atoms with Crippen LogP contribution in [0, 0.1) is 23.2 Å². The van der Waals surface area contributed by atoms with Gasteiger partial charge in [-0.3, -0.25) is 0 Å². The normalized spacial score (nSPS) is 16.7. The minimum Gasteiger partial charge on any atom is -0.495 e. The molecule has 0 aliphatic rings. The van der Waals surface area contributed by atoms with Crippen molar-refractivity contribution in [2.24, 2.45) is 17.8 Å². The highest BCUT2D eigenvalue weighted by atomic mass is 16.5. The molecule has 4 nitrogen and oxygen atoms in total. The Hall–Kier alpha value is -1.13. The molecular weight excluding hydrogens is 324 g/mol. The summed E-state index contributed by atoms with van der Waals surface area (Å²) in [5, 5.41) is 10.9. The Morgan fingerprint density at radius 2 is 1.77 bits per heavy atom. The number of unbranched alkanes of at least 4 members (excludes halogenated alkanes) is 1. The second-order valence-corrected chi connectivity index (χ2v) is 7.29. The van der Waals surface area contributed by atoms with E-state index in [0.717, 1.165) is 19.7 Å². The first-order valence-electron chi connectivity index (χ1n) is 10.1. The number of nitrogens with one attached hydrogen (secondary N) is 2. The monoisotopic (exact) mass is 366 g/mol. The summed E-state index contributed by atoms with van der Waals surface area (Å²) in [6.07, 6.45) is 8.32. The molecule has 0 aliphatic heterocycles. The zero-order valence-electron chi connectivity index (χ0n) is 18.2. The molecule has 0 bridgehead atoms. The summed E-state index contributed by atoms with van der Waals surface area (Å²) in [5.74, 6) is 2.16. The lowest BCUT2D eigenvalue weighted by Crippen LogP contribution is -2.25. The Labute approximate surface area is 161 Å². The summed E-state index contributed by atoms with van der Waals surface area (Å²) in [4.78, 5) is 0. The van der Waals surface area contributed by atoms with Gasteiger partial charge in [0, 0.05) is 13.7 Å². The molecule has 3 atom stereocenters. The van der Waals surface area contributed by atoms with Crippen LogP contribution in [0.3, 0.4) is 0 Å². The molecule has 0 heterocycles. The third kappa shape index (κ3) is 9.54. The van der Waals surface area contributed by atoms with Crippen LogP contribution in [0.2, 0.25) is 0 Å². The Morgan fingerprint density at radius 1 is 1.08 bits per heavy atom. The molecule has 0 aromatic heterocycles. The zero-order chi connectivity index (χ0) is 19.9. The molecule has 0 fully saturated rings. The topological polar surface area (TPSA) is 54.3 Å². The molecule has 152 valence electrons. The van der Waals surface area contributed by atoms with Crippen LogP contribution in [0.25, 0.3) is 0 Å². The molecule has 2 N–H and O–H groups in total. The van der Waals surface area contributed by atoms with Crippen molar-refractivity contribution in [1.82, 2.24) is 5.32 Å². The van der Waals surface area contributed by atoms with Crippen LogP contribution in [0.5, 0.6) is 0 Å². The lowest BCUT2D eigenvalue weighted by atomic mass is 9.79. The van der Waals surface area contributed by atoms with E-state index < -0.39 is 0 Å². The summed E-state index contributed by atoms with van der Waals surface area (Å²) >= 11 is 0. The Kier molecular flexibility index (Phi) is 14.3. The highest BCUT2D eigenvalue weighted by molar-refractivity contribution is 5.72. The summed E-state index contributed by atoms with van der Waals surface area (Å²) in [6.45, 7) is 14.1. The van der Waals surface area contributed by atoms with Crippen molar-refractivity contribution in [3.8, 4) is 0 Å². The van der Waals surface area contributed by atoms with Crippen molar-refractivity contribution in [1.29, 1.82) is 5.41 Å². The van der Waals surface area contributed by atoms with Crippen LogP contribution in [-0.4, -0.2) is 40.1 Å². The largest absolute Gasteiger partial charge is 0.495 e. The van der Waals surface area contributed by atoms with Crippen LogP contribution in [-0.2, 0) is 9.47 Å². The van der Waals surface area contributed by atoms with Crippen LogP contribution in [0.4, 0.5) is 0 Å². The van der Waals surface area contributed by atoms with Gasteiger partial charge < -0.3 is 20.2 Å². The van der Waals surface area contributed by atoms with Gasteiger partial charge in [0.15, 0.2) is 0 Å². The lowest BCUT2D eigenvalue weighted by Gasteiger charge is -2.27. The molecular formula is C22H42N2O2. The first-order chi connectivity index (χ1) is 12.4. The van der Waals surface area contributed by atoms with Crippen molar-refractivity contribution in [2.45, 2.75) is 60.3 Å². The maximum atomic E-state index is 7.40. The Balaban J connectivity index is 5.04. The van der Waals surface area contributed by atoms with E-state index in [0.29, 0.717) is 17.6 Å². The maximum absolute atomic E-state index is 7.40. The van der Waals surface area contributed by atoms with E-state index in [-0.39, 0.29) is 5.92 Å². The SMILES string of the molecule is CCCCC(CCNCCOC)C(C)/C(C)=C(\C)C(C)/C=C(\C=N)OC. The highest BCUT2D eigenvalue weighted by Crippen LogP contribution is 2.31. The van der Waals surface area contributed by atoms with Gasteiger partial charge >= 0.3 is 0 Å². The summed E-state index contributed by atoms with van der Waals surface area (Å²) in [5.41, 5.74) is 2.87. The van der Waals surface area contributed by atoms with Gasteiger partial charge in [0.25, 0.3) is 0 Å². The van der Waals surface area contributed by atoms with E-state index in [9.17, 15) is 0 Å². The van der Waals surface area contributed by atoms with Gasteiger partial charge in [-0.05, 0) is 57.1 Å². The molecule has 0 amide bonds. The van der Waals surface area contributed by atoms with Crippen LogP contribution in [0.1, 0.15) is 60.3 Å². The lowest BCUT2D eigenvalue weighted by molar-refractivity contribution is 0.198. The smallest absolute Gasteiger partial charge is 0.132 e. The molecule has 26 heavy (non-hydrogen) atoms. The van der Waals surface area contributed by atoms with Crippen molar-refractivity contribution in [3.63, 3.8) is 0 Å². The van der Waals surface area contributed by atoms with Crippen molar-refractivity contribution < 1.29 is 9.47 Å². The fourth-order valence-electron chi connectivity index (χ4n) is 3.32. The molecule has 4 heteroatoms. The zero-order valence-corrected chi connectivity index (χ0v) is 18.2. The van der Waals surface area contributed by atoms with Gasteiger partial charge in [-0.2, -0.15) is 0 Å². The van der Waals surface area contributed by atoms with E-state index >= 15 is 0 Å². The second kappa shape index (κ2) is 15.0. The summed E-state index contributed by atoms with van der Waals surface area (Å²) < 4.78 is 10.3. The third-order valence-corrected chi connectivity index (χ3v) is 5.59. The standard InChI is InChI=1S/C22H42N2O2/c1-8-9-10-21(11-12-24-13-14-25-6)20(5)19(4)18(3)17(2)15-22(16-23)26-7/h15-17,20-21,23-24H,8-14H2,1-7H3/b19-18+,22-15+,23-16?. The molecule has 0 saturated heterocycles. The Morgan fingerprint density at radius 3 is 2.31 bits per heavy atom. The molecule has 0 aromatic rings. The fourth-order valence-corrected chi connectivity index (χ4v) is 3.32. The van der Waals surface area contributed by atoms with Crippen LogP contribution >= 0.6 is 0 Å². The summed E-state index contributed by atoms with van der Waals surface area (Å²) in [7, 11) is 3.36. The number of hydrogen-bond donors (Lipinski definition) is 2. The van der Waals surface area contributed by atoms with Gasteiger partial charge in [0.2, 0.25) is 0 Å². The number of rotatable bonds is 15. The van der Waals surface area contributed by atoms with Crippen molar-refractivity contribution >= 4 is 6.21 Å². The van der Waals surface area contributed by atoms with E-state index in [4.69, 9.17) is 14.9 Å². The number of hydrogen-bond acceptors (Lipinski definition) is 4. The average molecular weight is 367 g/mol. The minimum absolute atomic E-state index is 0.278. The summed E-state index contributed by atoms with van der Waals surface area (Å²) in [6, 6.07) is 0. The van der Waals surface area contributed by atoms with Gasteiger partial charge in [0.1, 0.15) is 5.76 Å². The number of allylic oxidation sites excluding steroid dienone is 4. The third-order valence-electron chi connectivity index (χ3n) is 5.59. The number of ether oxygens (including phenoxy) is 2. The van der Waals surface area contributed by atoms with Gasteiger partial charge in [-0.25, -0.2) is 0 Å². The molecule has 0 radical (unpaired) electrons. The van der Waals surface area contributed by atoms with E-state index in [1.807, 2.05) is 6.08 Å². The molecule has 0 saturated carbocycles. The molecule has 0 aliphatic carbocycles. The predicted molar refractivity (Wildman–Crippen MR) is 113 cm³/mol. The average Bonchev–Trinajstić information content (AvgIpc) is 2.66. The maximum Gasteiger partial charge on any atom is 0.132 e. The van der Waals surface area contributed by atoms with Crippen LogP contribution in [0.15, 0.2) is 23.0 Å². The second-order valence-electron chi connectivity index (χ2n) is 7.29. The minimum atomic E-state index is 0.278. The van der Waals surface area contributed by atoms with Crippen LogP contribution < -0.4 is 5.32 Å². The van der Waals surface area contributed by atoms with Gasteiger partial charge in [-0.15, -0.1) is 0 Å².